The Morgan fingerprint density at radius 2 is 2.13 bits per heavy atom. The van der Waals surface area contributed by atoms with E-state index in [0.29, 0.717) is 13.2 Å². The second kappa shape index (κ2) is 9.73. The molecule has 5 heteroatoms. The summed E-state index contributed by atoms with van der Waals surface area (Å²) in [6, 6.07) is -0.0964. The van der Waals surface area contributed by atoms with Crippen LogP contribution in [-0.2, 0) is 9.47 Å². The van der Waals surface area contributed by atoms with E-state index in [2.05, 4.69) is 12.2 Å². The Balaban J connectivity index is 3.38. The Kier molecular flexibility index (Phi) is 9.21. The van der Waals surface area contributed by atoms with Crippen LogP contribution >= 0.6 is 0 Å². The molecule has 0 saturated heterocycles. The number of nitrogens with one attached hydrogen (secondary N) is 1. The van der Waals surface area contributed by atoms with Crippen molar-refractivity contribution in [3.8, 4) is 0 Å². The van der Waals surface area contributed by atoms with Crippen LogP contribution in [0.3, 0.4) is 0 Å². The Hall–Kier alpha value is -0.810. The van der Waals surface area contributed by atoms with Gasteiger partial charge in [0.2, 0.25) is 0 Å². The van der Waals surface area contributed by atoms with E-state index in [1.54, 1.807) is 19.1 Å². The number of carbonyl (C=O) groups excluding carboxylic acids is 1. The van der Waals surface area contributed by atoms with Gasteiger partial charge in [-0.25, -0.2) is 4.79 Å². The van der Waals surface area contributed by atoms with Gasteiger partial charge in [0.25, 0.3) is 0 Å². The van der Waals surface area contributed by atoms with Crippen molar-refractivity contribution in [1.29, 1.82) is 0 Å². The molecule has 2 amide bonds. The summed E-state index contributed by atoms with van der Waals surface area (Å²) < 4.78 is 9.92. The lowest BCUT2D eigenvalue weighted by atomic mass is 10.3. The normalized spacial score (nSPS) is 10.1. The summed E-state index contributed by atoms with van der Waals surface area (Å²) >= 11 is 0. The molecule has 0 heterocycles. The van der Waals surface area contributed by atoms with Crippen LogP contribution in [0.1, 0.15) is 19.8 Å². The first kappa shape index (κ1) is 14.2. The molecule has 0 radical (unpaired) electrons. The summed E-state index contributed by atoms with van der Waals surface area (Å²) in [5, 5.41) is 2.66. The highest BCUT2D eigenvalue weighted by atomic mass is 16.5. The van der Waals surface area contributed by atoms with Crippen LogP contribution in [0.15, 0.2) is 0 Å². The van der Waals surface area contributed by atoms with E-state index in [0.717, 1.165) is 19.4 Å². The first-order valence-electron chi connectivity index (χ1n) is 5.28. The van der Waals surface area contributed by atoms with Crippen LogP contribution < -0.4 is 5.32 Å². The van der Waals surface area contributed by atoms with Gasteiger partial charge in [0, 0.05) is 20.7 Å². The third kappa shape index (κ3) is 8.20. The van der Waals surface area contributed by atoms with Crippen LogP contribution in [0.4, 0.5) is 4.79 Å². The third-order valence-corrected chi connectivity index (χ3v) is 1.95. The monoisotopic (exact) mass is 218 g/mol. The Morgan fingerprint density at radius 1 is 1.40 bits per heavy atom. The van der Waals surface area contributed by atoms with Crippen molar-refractivity contribution in [3.05, 3.63) is 0 Å². The van der Waals surface area contributed by atoms with E-state index in [-0.39, 0.29) is 12.8 Å². The van der Waals surface area contributed by atoms with E-state index >= 15 is 0 Å². The van der Waals surface area contributed by atoms with Crippen molar-refractivity contribution in [2.45, 2.75) is 19.8 Å². The molecule has 5 nitrogen and oxygen atoms in total. The maximum Gasteiger partial charge on any atom is 0.318 e. The minimum Gasteiger partial charge on any atom is -0.382 e. The fourth-order valence-corrected chi connectivity index (χ4v) is 0.959. The molecule has 0 aromatic heterocycles. The average molecular weight is 218 g/mol. The van der Waals surface area contributed by atoms with Gasteiger partial charge >= 0.3 is 6.03 Å². The molecule has 0 bridgehead atoms. The molecule has 0 atom stereocenters. The third-order valence-electron chi connectivity index (χ3n) is 1.95. The molecule has 0 aromatic rings. The number of hydrogen-bond donors (Lipinski definition) is 1. The molecule has 0 aliphatic carbocycles. The lowest BCUT2D eigenvalue weighted by Crippen LogP contribution is -2.39. The quantitative estimate of drug-likeness (QED) is 0.489. The van der Waals surface area contributed by atoms with Gasteiger partial charge in [-0.2, -0.15) is 0 Å². The molecule has 0 saturated carbocycles. The van der Waals surface area contributed by atoms with Gasteiger partial charge in [0.1, 0.15) is 6.73 Å². The fourth-order valence-electron chi connectivity index (χ4n) is 0.959. The number of rotatable bonds is 8. The number of hydrogen-bond acceptors (Lipinski definition) is 3. The predicted molar refractivity (Wildman–Crippen MR) is 58.8 cm³/mol. The number of carbonyl (C=O) groups is 1. The molecular weight excluding hydrogens is 196 g/mol. The molecule has 0 rings (SSSR count). The Morgan fingerprint density at radius 3 is 2.73 bits per heavy atom. The number of ether oxygens (including phenoxy) is 2. The van der Waals surface area contributed by atoms with E-state index < -0.39 is 0 Å². The van der Waals surface area contributed by atoms with Crippen molar-refractivity contribution in [3.63, 3.8) is 0 Å². The van der Waals surface area contributed by atoms with E-state index in [1.807, 2.05) is 0 Å². The number of methoxy groups -OCH3 is 1. The standard InChI is InChI=1S/C10H22N2O3/c1-4-5-6-12(2)10(13)11-9-15-8-7-14-3/h4-9H2,1-3H3,(H,11,13). The number of unbranched alkanes of at least 4 members (excludes halogenated alkanes) is 1. The van der Waals surface area contributed by atoms with Crippen molar-refractivity contribution in [2.24, 2.45) is 0 Å². The smallest absolute Gasteiger partial charge is 0.318 e. The summed E-state index contributed by atoms with van der Waals surface area (Å²) in [6.45, 7) is 4.15. The zero-order chi connectivity index (χ0) is 11.5. The summed E-state index contributed by atoms with van der Waals surface area (Å²) in [5.74, 6) is 0. The van der Waals surface area contributed by atoms with Crippen molar-refractivity contribution < 1.29 is 14.3 Å². The lowest BCUT2D eigenvalue weighted by Gasteiger charge is -2.17. The summed E-state index contributed by atoms with van der Waals surface area (Å²) in [7, 11) is 3.39. The summed E-state index contributed by atoms with van der Waals surface area (Å²) in [5.41, 5.74) is 0. The largest absolute Gasteiger partial charge is 0.382 e. The first-order chi connectivity index (χ1) is 7.22. The van der Waals surface area contributed by atoms with Gasteiger partial charge in [-0.1, -0.05) is 13.3 Å². The molecule has 15 heavy (non-hydrogen) atoms. The number of nitrogens with zero attached hydrogens (tertiary/aromatic N) is 1. The number of amides is 2. The lowest BCUT2D eigenvalue weighted by molar-refractivity contribution is 0.0622. The van der Waals surface area contributed by atoms with E-state index in [9.17, 15) is 4.79 Å². The highest BCUT2D eigenvalue weighted by Gasteiger charge is 2.05. The average Bonchev–Trinajstić information content (AvgIpc) is 2.25. The minimum atomic E-state index is -0.0964. The Labute approximate surface area is 91.7 Å². The van der Waals surface area contributed by atoms with Gasteiger partial charge in [-0.3, -0.25) is 0 Å². The van der Waals surface area contributed by atoms with E-state index in [1.165, 1.54) is 0 Å². The fraction of sp³-hybridized carbons (Fsp3) is 0.900. The second-order valence-electron chi connectivity index (χ2n) is 3.30. The molecule has 1 N–H and O–H groups in total. The van der Waals surface area contributed by atoms with Crippen LogP contribution in [-0.4, -0.2) is 51.6 Å². The number of urea groups is 1. The zero-order valence-corrected chi connectivity index (χ0v) is 9.91. The van der Waals surface area contributed by atoms with Gasteiger partial charge in [-0.05, 0) is 6.42 Å². The molecule has 0 fully saturated rings. The van der Waals surface area contributed by atoms with Gasteiger partial charge in [-0.15, -0.1) is 0 Å². The highest BCUT2D eigenvalue weighted by Crippen LogP contribution is 1.91. The van der Waals surface area contributed by atoms with Crippen LogP contribution in [0.25, 0.3) is 0 Å². The molecular formula is C10H22N2O3. The minimum absolute atomic E-state index is 0.0964. The topological polar surface area (TPSA) is 50.8 Å². The summed E-state index contributed by atoms with van der Waals surface area (Å²) in [6.07, 6.45) is 2.11. The van der Waals surface area contributed by atoms with Crippen LogP contribution in [0.2, 0.25) is 0 Å². The van der Waals surface area contributed by atoms with Gasteiger partial charge in [0.15, 0.2) is 0 Å². The maximum absolute atomic E-state index is 11.4. The zero-order valence-electron chi connectivity index (χ0n) is 9.91. The molecule has 0 aliphatic heterocycles. The summed E-state index contributed by atoms with van der Waals surface area (Å²) in [4.78, 5) is 13.0. The molecule has 90 valence electrons. The van der Waals surface area contributed by atoms with Crippen LogP contribution in [0, 0.1) is 0 Å². The first-order valence-corrected chi connectivity index (χ1v) is 5.28. The van der Waals surface area contributed by atoms with Gasteiger partial charge < -0.3 is 19.7 Å². The SMILES string of the molecule is CCCCN(C)C(=O)NCOCCOC. The highest BCUT2D eigenvalue weighted by molar-refractivity contribution is 5.73. The van der Waals surface area contributed by atoms with Gasteiger partial charge in [0.05, 0.1) is 13.2 Å². The predicted octanol–water partition coefficient (Wildman–Crippen LogP) is 1.05. The van der Waals surface area contributed by atoms with Crippen molar-refractivity contribution in [1.82, 2.24) is 10.2 Å². The maximum atomic E-state index is 11.4. The van der Waals surface area contributed by atoms with E-state index in [4.69, 9.17) is 9.47 Å². The molecule has 0 aromatic carbocycles. The Bertz CT molecular complexity index is 165. The van der Waals surface area contributed by atoms with Crippen molar-refractivity contribution in [2.75, 3.05) is 40.6 Å². The molecule has 0 unspecified atom stereocenters. The molecule has 0 spiro atoms. The van der Waals surface area contributed by atoms with Crippen molar-refractivity contribution >= 4 is 6.03 Å². The second-order valence-corrected chi connectivity index (χ2v) is 3.30. The van der Waals surface area contributed by atoms with Crippen LogP contribution in [0.5, 0.6) is 0 Å². The molecule has 0 aliphatic rings.